The lowest BCUT2D eigenvalue weighted by atomic mass is 10.0. The van der Waals surface area contributed by atoms with Crippen molar-refractivity contribution in [3.8, 4) is 0 Å². The second-order valence-corrected chi connectivity index (χ2v) is 5.43. The third kappa shape index (κ3) is 3.50. The number of carbonyl (C=O) groups is 2. The zero-order valence-corrected chi connectivity index (χ0v) is 12.4. The SMILES string of the molecule is CCC(=O)C(C(=O)c1ccccc1)=C(SC)SC. The van der Waals surface area contributed by atoms with E-state index in [9.17, 15) is 9.59 Å². The zero-order chi connectivity index (χ0) is 13.5. The lowest BCUT2D eigenvalue weighted by Crippen LogP contribution is -2.14. The van der Waals surface area contributed by atoms with Crippen LogP contribution in [0.1, 0.15) is 23.7 Å². The van der Waals surface area contributed by atoms with Crippen LogP contribution in [-0.2, 0) is 4.79 Å². The second kappa shape index (κ2) is 7.44. The zero-order valence-electron chi connectivity index (χ0n) is 10.7. The molecule has 0 saturated heterocycles. The van der Waals surface area contributed by atoms with Gasteiger partial charge in [-0.05, 0) is 12.5 Å². The number of Topliss-reactive ketones (excluding diaryl/α,β-unsaturated/α-hetero) is 2. The van der Waals surface area contributed by atoms with Crippen molar-refractivity contribution in [2.45, 2.75) is 13.3 Å². The summed E-state index contributed by atoms with van der Waals surface area (Å²) in [5.41, 5.74) is 0.888. The first-order valence-corrected chi connectivity index (χ1v) is 8.05. The highest BCUT2D eigenvalue weighted by molar-refractivity contribution is 8.21. The molecule has 0 aliphatic heterocycles. The van der Waals surface area contributed by atoms with Crippen LogP contribution in [0.25, 0.3) is 0 Å². The molecular formula is C14H16O2S2. The Morgan fingerprint density at radius 3 is 2.06 bits per heavy atom. The van der Waals surface area contributed by atoms with Gasteiger partial charge in [0.15, 0.2) is 11.6 Å². The van der Waals surface area contributed by atoms with Crippen molar-refractivity contribution in [2.24, 2.45) is 0 Å². The third-order valence-electron chi connectivity index (χ3n) is 2.44. The summed E-state index contributed by atoms with van der Waals surface area (Å²) in [6.45, 7) is 1.78. The van der Waals surface area contributed by atoms with Crippen LogP contribution < -0.4 is 0 Å². The molecule has 0 saturated carbocycles. The highest BCUT2D eigenvalue weighted by Gasteiger charge is 2.22. The molecule has 0 N–H and O–H groups in total. The maximum atomic E-state index is 12.4. The van der Waals surface area contributed by atoms with Gasteiger partial charge in [0.2, 0.25) is 0 Å². The van der Waals surface area contributed by atoms with Crippen LogP contribution in [0.3, 0.4) is 0 Å². The van der Waals surface area contributed by atoms with E-state index in [1.54, 1.807) is 31.2 Å². The molecule has 1 aromatic rings. The van der Waals surface area contributed by atoms with E-state index >= 15 is 0 Å². The van der Waals surface area contributed by atoms with Crippen molar-refractivity contribution in [2.75, 3.05) is 12.5 Å². The van der Waals surface area contributed by atoms with E-state index in [4.69, 9.17) is 0 Å². The normalized spacial score (nSPS) is 9.94. The molecule has 0 fully saturated rings. The standard InChI is InChI=1S/C14H16O2S2/c1-4-11(15)12(14(17-2)18-3)13(16)10-8-6-5-7-9-10/h5-9H,4H2,1-3H3. The van der Waals surface area contributed by atoms with Gasteiger partial charge in [0.25, 0.3) is 0 Å². The first-order chi connectivity index (χ1) is 8.65. The molecule has 0 heterocycles. The minimum absolute atomic E-state index is 0.0949. The van der Waals surface area contributed by atoms with E-state index in [0.29, 0.717) is 17.6 Å². The molecular weight excluding hydrogens is 264 g/mol. The number of benzene rings is 1. The maximum absolute atomic E-state index is 12.4. The molecule has 0 aliphatic carbocycles. The number of hydrogen-bond acceptors (Lipinski definition) is 4. The summed E-state index contributed by atoms with van der Waals surface area (Å²) in [5.74, 6) is -0.274. The summed E-state index contributed by atoms with van der Waals surface area (Å²) in [4.78, 5) is 24.4. The van der Waals surface area contributed by atoms with Crippen LogP contribution >= 0.6 is 23.5 Å². The van der Waals surface area contributed by atoms with E-state index in [2.05, 4.69) is 0 Å². The van der Waals surface area contributed by atoms with Crippen molar-refractivity contribution >= 4 is 35.1 Å². The molecule has 0 amide bonds. The molecule has 1 rings (SSSR count). The molecule has 0 radical (unpaired) electrons. The van der Waals surface area contributed by atoms with Crippen LogP contribution in [0.4, 0.5) is 0 Å². The topological polar surface area (TPSA) is 34.1 Å². The summed E-state index contributed by atoms with van der Waals surface area (Å²) in [7, 11) is 0. The van der Waals surface area contributed by atoms with E-state index in [1.807, 2.05) is 18.6 Å². The number of hydrogen-bond donors (Lipinski definition) is 0. The van der Waals surface area contributed by atoms with Crippen molar-refractivity contribution in [1.82, 2.24) is 0 Å². The molecule has 0 aromatic heterocycles. The summed E-state index contributed by atoms with van der Waals surface area (Å²) in [6, 6.07) is 8.94. The van der Waals surface area contributed by atoms with Crippen LogP contribution in [0.5, 0.6) is 0 Å². The molecule has 0 spiro atoms. The molecule has 1 aromatic carbocycles. The van der Waals surface area contributed by atoms with Gasteiger partial charge in [-0.25, -0.2) is 0 Å². The second-order valence-electron chi connectivity index (χ2n) is 3.54. The number of allylic oxidation sites excluding steroid dienone is 1. The monoisotopic (exact) mass is 280 g/mol. The lowest BCUT2D eigenvalue weighted by Gasteiger charge is -2.09. The summed E-state index contributed by atoms with van der Waals surface area (Å²) >= 11 is 2.89. The Hall–Kier alpha value is -1.000. The van der Waals surface area contributed by atoms with Crippen molar-refractivity contribution in [3.05, 3.63) is 45.7 Å². The van der Waals surface area contributed by atoms with Crippen LogP contribution in [0, 0.1) is 0 Å². The largest absolute Gasteiger partial charge is 0.294 e. The highest BCUT2D eigenvalue weighted by Crippen LogP contribution is 2.30. The van der Waals surface area contributed by atoms with Crippen LogP contribution in [-0.4, -0.2) is 24.1 Å². The summed E-state index contributed by atoms with van der Waals surface area (Å²) < 4.78 is 0.788. The Kier molecular flexibility index (Phi) is 6.22. The Morgan fingerprint density at radius 2 is 1.61 bits per heavy atom. The molecule has 0 unspecified atom stereocenters. The Balaban J connectivity index is 3.25. The molecule has 96 valence electrons. The predicted octanol–water partition coefficient (Wildman–Crippen LogP) is 3.79. The highest BCUT2D eigenvalue weighted by atomic mass is 32.2. The van der Waals surface area contributed by atoms with Gasteiger partial charge in [0.05, 0.1) is 9.81 Å². The Labute approximate surface area is 116 Å². The fraction of sp³-hybridized carbons (Fsp3) is 0.286. The maximum Gasteiger partial charge on any atom is 0.198 e. The number of rotatable bonds is 6. The van der Waals surface area contributed by atoms with Crippen molar-refractivity contribution in [1.29, 1.82) is 0 Å². The van der Waals surface area contributed by atoms with Crippen molar-refractivity contribution < 1.29 is 9.59 Å². The molecule has 4 heteroatoms. The first-order valence-electron chi connectivity index (χ1n) is 5.60. The van der Waals surface area contributed by atoms with Crippen molar-refractivity contribution in [3.63, 3.8) is 0 Å². The van der Waals surface area contributed by atoms with Gasteiger partial charge < -0.3 is 0 Å². The van der Waals surface area contributed by atoms with Gasteiger partial charge in [-0.2, -0.15) is 0 Å². The van der Waals surface area contributed by atoms with Gasteiger partial charge in [-0.1, -0.05) is 37.3 Å². The fourth-order valence-corrected chi connectivity index (χ4v) is 3.02. The smallest absolute Gasteiger partial charge is 0.198 e. The molecule has 18 heavy (non-hydrogen) atoms. The van der Waals surface area contributed by atoms with Crippen LogP contribution in [0.15, 0.2) is 40.1 Å². The predicted molar refractivity (Wildman–Crippen MR) is 80.1 cm³/mol. The quantitative estimate of drug-likeness (QED) is 0.344. The minimum Gasteiger partial charge on any atom is -0.294 e. The summed E-state index contributed by atoms with van der Waals surface area (Å²) in [5, 5.41) is 0. The number of carbonyl (C=O) groups excluding carboxylic acids is 2. The van der Waals surface area contributed by atoms with E-state index in [0.717, 1.165) is 4.24 Å². The molecule has 0 aliphatic rings. The molecule has 0 atom stereocenters. The average molecular weight is 280 g/mol. The van der Waals surface area contributed by atoms with E-state index in [-0.39, 0.29) is 11.6 Å². The summed E-state index contributed by atoms with van der Waals surface area (Å²) in [6.07, 6.45) is 4.11. The van der Waals surface area contributed by atoms with Gasteiger partial charge in [-0.3, -0.25) is 9.59 Å². The van der Waals surface area contributed by atoms with Crippen LogP contribution in [0.2, 0.25) is 0 Å². The Bertz CT molecular complexity index is 458. The average Bonchev–Trinajstić information content (AvgIpc) is 2.44. The molecule has 0 bridgehead atoms. The fourth-order valence-electron chi connectivity index (χ4n) is 1.53. The number of ketones is 2. The van der Waals surface area contributed by atoms with E-state index in [1.165, 1.54) is 23.5 Å². The first kappa shape index (κ1) is 15.1. The van der Waals surface area contributed by atoms with Gasteiger partial charge >= 0.3 is 0 Å². The molecule has 2 nitrogen and oxygen atoms in total. The van der Waals surface area contributed by atoms with Gasteiger partial charge in [-0.15, -0.1) is 23.5 Å². The third-order valence-corrected chi connectivity index (χ3v) is 4.59. The Morgan fingerprint density at radius 1 is 1.06 bits per heavy atom. The number of thioether (sulfide) groups is 2. The lowest BCUT2D eigenvalue weighted by molar-refractivity contribution is -0.114. The minimum atomic E-state index is -0.179. The van der Waals surface area contributed by atoms with Gasteiger partial charge in [0, 0.05) is 12.0 Å². The van der Waals surface area contributed by atoms with E-state index < -0.39 is 0 Å². The van der Waals surface area contributed by atoms with Gasteiger partial charge in [0.1, 0.15) is 0 Å².